The van der Waals surface area contributed by atoms with Crippen molar-refractivity contribution in [3.05, 3.63) is 53.6 Å². The number of hydrogen-bond acceptors (Lipinski definition) is 3. The van der Waals surface area contributed by atoms with Crippen molar-refractivity contribution >= 4 is 34.5 Å². The molecule has 0 fully saturated rings. The third kappa shape index (κ3) is 3.28. The first kappa shape index (κ1) is 16.1. The molecule has 6 nitrogen and oxygen atoms in total. The largest absolute Gasteiger partial charge is 0.490 e. The highest BCUT2D eigenvalue weighted by atomic mass is 35.5. The molecule has 0 atom stereocenters. The van der Waals surface area contributed by atoms with E-state index in [0.717, 1.165) is 16.8 Å². The molecule has 24 heavy (non-hydrogen) atoms. The van der Waals surface area contributed by atoms with E-state index in [1.54, 1.807) is 16.7 Å². The molecule has 0 saturated heterocycles. The fourth-order valence-corrected chi connectivity index (χ4v) is 2.78. The zero-order chi connectivity index (χ0) is 17.1. The Morgan fingerprint density at radius 3 is 2.58 bits per heavy atom. The molecule has 0 saturated carbocycles. The Labute approximate surface area is 144 Å². The second kappa shape index (κ2) is 6.80. The van der Waals surface area contributed by atoms with E-state index < -0.39 is 5.91 Å². The van der Waals surface area contributed by atoms with Crippen molar-refractivity contribution in [3.63, 3.8) is 0 Å². The minimum atomic E-state index is -0.438. The summed E-state index contributed by atoms with van der Waals surface area (Å²) in [5.41, 5.74) is 13.3. The van der Waals surface area contributed by atoms with E-state index >= 15 is 0 Å². The van der Waals surface area contributed by atoms with Crippen LogP contribution in [0.1, 0.15) is 0 Å². The van der Waals surface area contributed by atoms with Crippen molar-refractivity contribution in [2.45, 2.75) is 13.1 Å². The number of benzene rings is 2. The summed E-state index contributed by atoms with van der Waals surface area (Å²) in [7, 11) is 0. The number of hydrogen-bond donors (Lipinski definition) is 2. The number of anilines is 1. The summed E-state index contributed by atoms with van der Waals surface area (Å²) >= 11 is 5.86. The van der Waals surface area contributed by atoms with Gasteiger partial charge in [-0.25, -0.2) is 9.13 Å². The smallest absolute Gasteiger partial charge is 0.356 e. The minimum absolute atomic E-state index is 0.0391. The van der Waals surface area contributed by atoms with Crippen molar-refractivity contribution in [1.82, 2.24) is 4.57 Å². The Morgan fingerprint density at radius 2 is 1.88 bits per heavy atom. The Morgan fingerprint density at radius 1 is 1.17 bits per heavy atom. The predicted octanol–water partition coefficient (Wildman–Crippen LogP) is 1.73. The van der Waals surface area contributed by atoms with Crippen LogP contribution in [0.4, 0.5) is 5.95 Å². The van der Waals surface area contributed by atoms with Gasteiger partial charge in [0.05, 0.1) is 0 Å². The number of carbonyl (C=O) groups is 1. The number of primary amides is 1. The van der Waals surface area contributed by atoms with E-state index in [4.69, 9.17) is 27.8 Å². The summed E-state index contributed by atoms with van der Waals surface area (Å²) in [6.07, 6.45) is 0. The molecule has 0 aliphatic heterocycles. The zero-order valence-corrected chi connectivity index (χ0v) is 13.7. The lowest BCUT2D eigenvalue weighted by atomic mass is 10.3. The molecule has 7 heteroatoms. The summed E-state index contributed by atoms with van der Waals surface area (Å²) in [6, 6.07) is 14.9. The standard InChI is InChI=1S/C17H17ClN4O2/c18-12-5-7-13(8-6-12)24-10-9-21-14-3-1-2-4-15(14)22(17(21)20)11-16(19)23/h1-8,20H,9-11H2,(H2,19,23)/p+1. The SMILES string of the molecule is NC(=O)C[n+]1c(N)n(CCOc2ccc(Cl)cc2)c2ccccc21. The topological polar surface area (TPSA) is 87.2 Å². The van der Waals surface area contributed by atoms with Gasteiger partial charge in [-0.3, -0.25) is 10.5 Å². The summed E-state index contributed by atoms with van der Waals surface area (Å²) in [5.74, 6) is 0.765. The fraction of sp³-hybridized carbons (Fsp3) is 0.176. The third-order valence-electron chi connectivity index (χ3n) is 3.73. The lowest BCUT2D eigenvalue weighted by Gasteiger charge is -2.06. The van der Waals surface area contributed by atoms with Gasteiger partial charge in [0, 0.05) is 5.02 Å². The molecule has 0 spiro atoms. The molecule has 1 aromatic heterocycles. The first-order valence-electron chi connectivity index (χ1n) is 7.49. The van der Waals surface area contributed by atoms with Crippen molar-refractivity contribution < 1.29 is 14.1 Å². The van der Waals surface area contributed by atoms with Gasteiger partial charge < -0.3 is 10.5 Å². The van der Waals surface area contributed by atoms with Crippen molar-refractivity contribution in [2.24, 2.45) is 5.73 Å². The van der Waals surface area contributed by atoms with Gasteiger partial charge in [-0.15, -0.1) is 0 Å². The second-order valence-electron chi connectivity index (χ2n) is 5.35. The van der Waals surface area contributed by atoms with Crippen LogP contribution in [0.25, 0.3) is 11.0 Å². The number of imidazole rings is 1. The van der Waals surface area contributed by atoms with Gasteiger partial charge in [0.25, 0.3) is 5.91 Å². The monoisotopic (exact) mass is 345 g/mol. The number of para-hydroxylation sites is 2. The van der Waals surface area contributed by atoms with Gasteiger partial charge in [-0.1, -0.05) is 23.7 Å². The van der Waals surface area contributed by atoms with Gasteiger partial charge in [0.2, 0.25) is 0 Å². The average Bonchev–Trinajstić information content (AvgIpc) is 2.82. The summed E-state index contributed by atoms with van der Waals surface area (Å²) in [6.45, 7) is 1.01. The van der Waals surface area contributed by atoms with E-state index in [9.17, 15) is 4.79 Å². The highest BCUT2D eigenvalue weighted by Gasteiger charge is 2.21. The number of nitrogen functional groups attached to an aromatic ring is 1. The highest BCUT2D eigenvalue weighted by Crippen LogP contribution is 2.18. The van der Waals surface area contributed by atoms with Crippen LogP contribution in [0.3, 0.4) is 0 Å². The molecule has 0 radical (unpaired) electrons. The zero-order valence-electron chi connectivity index (χ0n) is 13.0. The summed E-state index contributed by atoms with van der Waals surface area (Å²) < 4.78 is 9.34. The number of aromatic nitrogens is 2. The van der Waals surface area contributed by atoms with E-state index in [1.807, 2.05) is 41.0 Å². The first-order valence-corrected chi connectivity index (χ1v) is 7.87. The van der Waals surface area contributed by atoms with Crippen LogP contribution in [0, 0.1) is 0 Å². The van der Waals surface area contributed by atoms with Gasteiger partial charge >= 0.3 is 5.95 Å². The quantitative estimate of drug-likeness (QED) is 0.667. The molecule has 2 aromatic carbocycles. The number of carbonyl (C=O) groups excluding carboxylic acids is 1. The van der Waals surface area contributed by atoms with Gasteiger partial charge in [-0.05, 0) is 36.4 Å². The van der Waals surface area contributed by atoms with Gasteiger partial charge in [-0.2, -0.15) is 0 Å². The number of rotatable bonds is 6. The number of nitrogens with two attached hydrogens (primary N) is 2. The van der Waals surface area contributed by atoms with Crippen LogP contribution in [0.5, 0.6) is 5.75 Å². The van der Waals surface area contributed by atoms with E-state index in [-0.39, 0.29) is 6.54 Å². The summed E-state index contributed by atoms with van der Waals surface area (Å²) in [4.78, 5) is 11.3. The van der Waals surface area contributed by atoms with Crippen LogP contribution < -0.4 is 20.8 Å². The van der Waals surface area contributed by atoms with Crippen LogP contribution >= 0.6 is 11.6 Å². The molecular weight excluding hydrogens is 328 g/mol. The highest BCUT2D eigenvalue weighted by molar-refractivity contribution is 6.30. The Hall–Kier alpha value is -2.73. The van der Waals surface area contributed by atoms with Crippen LogP contribution in [0.15, 0.2) is 48.5 Å². The molecule has 3 rings (SSSR count). The molecule has 1 heterocycles. The molecule has 1 amide bonds. The normalized spacial score (nSPS) is 10.9. The lowest BCUT2D eigenvalue weighted by molar-refractivity contribution is -0.644. The van der Waals surface area contributed by atoms with Gasteiger partial charge in [0.15, 0.2) is 6.54 Å². The van der Waals surface area contributed by atoms with Crippen molar-refractivity contribution in [1.29, 1.82) is 0 Å². The molecule has 3 aromatic rings. The maximum absolute atomic E-state index is 11.3. The molecule has 124 valence electrons. The Balaban J connectivity index is 1.82. The van der Waals surface area contributed by atoms with Crippen molar-refractivity contribution in [3.8, 4) is 5.75 Å². The van der Waals surface area contributed by atoms with E-state index in [2.05, 4.69) is 0 Å². The molecule has 0 unspecified atom stereocenters. The number of ether oxygens (including phenoxy) is 1. The number of fused-ring (bicyclic) bond motifs is 1. The number of nitrogens with zero attached hydrogens (tertiary/aromatic N) is 2. The number of amides is 1. The van der Waals surface area contributed by atoms with Crippen LogP contribution in [0.2, 0.25) is 5.02 Å². The lowest BCUT2D eigenvalue weighted by Crippen LogP contribution is -2.42. The van der Waals surface area contributed by atoms with E-state index in [0.29, 0.717) is 24.1 Å². The molecule has 4 N–H and O–H groups in total. The predicted molar refractivity (Wildman–Crippen MR) is 92.7 cm³/mol. The van der Waals surface area contributed by atoms with Crippen LogP contribution in [-0.4, -0.2) is 17.1 Å². The van der Waals surface area contributed by atoms with Gasteiger partial charge in [0.1, 0.15) is 29.9 Å². The first-order chi connectivity index (χ1) is 11.6. The third-order valence-corrected chi connectivity index (χ3v) is 3.98. The Bertz CT molecular complexity index is 874. The molecule has 0 aliphatic rings. The molecular formula is C17H18ClN4O2+. The second-order valence-corrected chi connectivity index (χ2v) is 5.79. The molecule has 0 aliphatic carbocycles. The maximum atomic E-state index is 11.3. The van der Waals surface area contributed by atoms with Crippen molar-refractivity contribution in [2.75, 3.05) is 12.3 Å². The average molecular weight is 346 g/mol. The van der Waals surface area contributed by atoms with Crippen LogP contribution in [-0.2, 0) is 17.9 Å². The minimum Gasteiger partial charge on any atom is -0.490 e. The molecule has 0 bridgehead atoms. The number of halogens is 1. The Kier molecular flexibility index (Phi) is 4.57. The summed E-state index contributed by atoms with van der Waals surface area (Å²) in [5, 5.41) is 0.662. The fourth-order valence-electron chi connectivity index (χ4n) is 2.66. The van der Waals surface area contributed by atoms with E-state index in [1.165, 1.54) is 0 Å². The maximum Gasteiger partial charge on any atom is 0.356 e.